The number of carbonyl (C=O) groups excluding carboxylic acids is 1. The summed E-state index contributed by atoms with van der Waals surface area (Å²) >= 11 is 12.8. The van der Waals surface area contributed by atoms with E-state index in [1.807, 2.05) is 37.5 Å². The molecular formula is C26H25Cl2N7O2. The van der Waals surface area contributed by atoms with E-state index in [0.29, 0.717) is 45.0 Å². The Hall–Kier alpha value is -3.53. The number of likely N-dealkylation sites (N-methyl/N-ethyl adjacent to an activating group) is 1. The van der Waals surface area contributed by atoms with Crippen LogP contribution in [0.15, 0.2) is 48.9 Å². The number of amides is 1. The molecule has 3 aromatic heterocycles. The molecular weight excluding hydrogens is 513 g/mol. The number of aryl methyl sites for hydroxylation is 1. The van der Waals surface area contributed by atoms with Crippen molar-refractivity contribution in [2.24, 2.45) is 7.05 Å². The summed E-state index contributed by atoms with van der Waals surface area (Å²) in [7, 11) is 3.93. The first-order valence-corrected chi connectivity index (χ1v) is 12.6. The number of pyridine rings is 1. The first kappa shape index (κ1) is 23.8. The second kappa shape index (κ2) is 9.09. The third-order valence-electron chi connectivity index (χ3n) is 6.90. The van der Waals surface area contributed by atoms with Crippen LogP contribution in [0.3, 0.4) is 0 Å². The van der Waals surface area contributed by atoms with Crippen LogP contribution >= 0.6 is 23.2 Å². The van der Waals surface area contributed by atoms with Gasteiger partial charge in [0.25, 0.3) is 5.91 Å². The summed E-state index contributed by atoms with van der Waals surface area (Å²) in [6.45, 7) is 2.51. The molecule has 0 atom stereocenters. The lowest BCUT2D eigenvalue weighted by molar-refractivity contribution is 0.0690. The van der Waals surface area contributed by atoms with Gasteiger partial charge in [0.2, 0.25) is 0 Å². The fourth-order valence-corrected chi connectivity index (χ4v) is 5.61. The molecule has 190 valence electrons. The lowest BCUT2D eigenvalue weighted by Gasteiger charge is -2.50. The highest BCUT2D eigenvalue weighted by molar-refractivity contribution is 6.43. The Balaban J connectivity index is 1.48. The van der Waals surface area contributed by atoms with Gasteiger partial charge in [-0.05, 0) is 31.3 Å². The van der Waals surface area contributed by atoms with E-state index in [0.717, 1.165) is 30.0 Å². The molecule has 37 heavy (non-hydrogen) atoms. The average molecular weight is 538 g/mol. The lowest BCUT2D eigenvalue weighted by Crippen LogP contribution is -2.65. The number of hydrogen-bond acceptors (Lipinski definition) is 6. The van der Waals surface area contributed by atoms with Gasteiger partial charge in [0.15, 0.2) is 0 Å². The SMILES string of the molecule is CN1CC2(CNC(=O)c3c2[nH]c(-c2ccncc2OCc2ccn(C)n2)c3Nc2cccc(Cl)c2Cl)C1. The number of H-pyrrole nitrogens is 1. The maximum atomic E-state index is 13.3. The number of aromatic nitrogens is 4. The highest BCUT2D eigenvalue weighted by Crippen LogP contribution is 2.47. The number of nitrogens with zero attached hydrogens (tertiary/aromatic N) is 4. The Kier molecular flexibility index (Phi) is 5.86. The molecule has 2 aliphatic heterocycles. The molecule has 2 aliphatic rings. The highest BCUT2D eigenvalue weighted by Gasteiger charge is 2.50. The van der Waals surface area contributed by atoms with Crippen molar-refractivity contribution < 1.29 is 9.53 Å². The van der Waals surface area contributed by atoms with Gasteiger partial charge in [-0.25, -0.2) is 0 Å². The summed E-state index contributed by atoms with van der Waals surface area (Å²) in [6.07, 6.45) is 5.24. The summed E-state index contributed by atoms with van der Waals surface area (Å²) in [6, 6.07) is 9.13. The maximum absolute atomic E-state index is 13.3. The predicted molar refractivity (Wildman–Crippen MR) is 143 cm³/mol. The molecule has 0 bridgehead atoms. The van der Waals surface area contributed by atoms with E-state index in [1.165, 1.54) is 0 Å². The molecule has 5 heterocycles. The fraction of sp³-hybridized carbons (Fsp3) is 0.269. The summed E-state index contributed by atoms with van der Waals surface area (Å²) in [5, 5.41) is 11.7. The minimum Gasteiger partial charge on any atom is -0.485 e. The number of rotatable bonds is 6. The molecule has 1 amide bonds. The molecule has 3 N–H and O–H groups in total. The van der Waals surface area contributed by atoms with Gasteiger partial charge in [-0.1, -0.05) is 29.3 Å². The standard InChI is InChI=1S/C26H25Cl2N7O2/c1-34-13-26(14-34)12-30-25(36)20-23(31-18-5-3-4-17(27)21(18)28)22(32-24(20)26)16-6-8-29-10-19(16)37-11-15-7-9-35(2)33-15/h3-10,31-32H,11-14H2,1-2H3,(H,30,36). The maximum Gasteiger partial charge on any atom is 0.255 e. The Bertz CT molecular complexity index is 1510. The van der Waals surface area contributed by atoms with Crippen molar-refractivity contribution >= 4 is 40.5 Å². The molecule has 0 saturated carbocycles. The Morgan fingerprint density at radius 1 is 1.19 bits per heavy atom. The molecule has 1 fully saturated rings. The minimum absolute atomic E-state index is 0.150. The molecule has 11 heteroatoms. The zero-order chi connectivity index (χ0) is 25.7. The summed E-state index contributed by atoms with van der Waals surface area (Å²) < 4.78 is 7.89. The quantitative estimate of drug-likeness (QED) is 0.337. The van der Waals surface area contributed by atoms with Gasteiger partial charge in [-0.15, -0.1) is 0 Å². The number of ether oxygens (including phenoxy) is 1. The number of halogens is 2. The van der Waals surface area contributed by atoms with E-state index in [4.69, 9.17) is 27.9 Å². The van der Waals surface area contributed by atoms with E-state index < -0.39 is 0 Å². The lowest BCUT2D eigenvalue weighted by atomic mass is 9.73. The zero-order valence-electron chi connectivity index (χ0n) is 20.3. The van der Waals surface area contributed by atoms with E-state index in [9.17, 15) is 4.79 Å². The van der Waals surface area contributed by atoms with Gasteiger partial charge in [0, 0.05) is 50.3 Å². The number of fused-ring (bicyclic) bond motifs is 2. The van der Waals surface area contributed by atoms with Crippen LogP contribution in [0.5, 0.6) is 5.75 Å². The second-order valence-electron chi connectivity index (χ2n) is 9.63. The third-order valence-corrected chi connectivity index (χ3v) is 7.72. The van der Waals surface area contributed by atoms with Gasteiger partial charge in [-0.3, -0.25) is 14.5 Å². The Morgan fingerprint density at radius 3 is 2.78 bits per heavy atom. The number of aromatic amines is 1. The zero-order valence-corrected chi connectivity index (χ0v) is 21.8. The van der Waals surface area contributed by atoms with E-state index in [-0.39, 0.29) is 17.9 Å². The molecule has 1 saturated heterocycles. The van der Waals surface area contributed by atoms with Crippen LogP contribution in [0, 0.1) is 0 Å². The molecule has 4 aromatic rings. The van der Waals surface area contributed by atoms with Crippen LogP contribution in [-0.4, -0.2) is 57.2 Å². The van der Waals surface area contributed by atoms with Crippen LogP contribution in [0.1, 0.15) is 21.7 Å². The van der Waals surface area contributed by atoms with E-state index >= 15 is 0 Å². The molecule has 1 aromatic carbocycles. The third kappa shape index (κ3) is 4.13. The van der Waals surface area contributed by atoms with E-state index in [2.05, 4.69) is 37.6 Å². The number of carbonyl (C=O) groups is 1. The van der Waals surface area contributed by atoms with Crippen molar-refractivity contribution in [2.75, 3.05) is 32.0 Å². The number of benzene rings is 1. The molecule has 6 rings (SSSR count). The first-order valence-electron chi connectivity index (χ1n) is 11.8. The van der Waals surface area contributed by atoms with Crippen LogP contribution in [0.2, 0.25) is 10.0 Å². The topological polar surface area (TPSA) is 100 Å². The predicted octanol–water partition coefficient (Wildman–Crippen LogP) is 4.37. The number of likely N-dealkylation sites (tertiary alicyclic amines) is 1. The number of hydrogen-bond donors (Lipinski definition) is 3. The molecule has 9 nitrogen and oxygen atoms in total. The van der Waals surface area contributed by atoms with Gasteiger partial charge < -0.3 is 25.3 Å². The van der Waals surface area contributed by atoms with Crippen molar-refractivity contribution in [1.82, 2.24) is 30.0 Å². The molecule has 0 unspecified atom stereocenters. The van der Waals surface area contributed by atoms with E-state index in [1.54, 1.807) is 23.1 Å². The van der Waals surface area contributed by atoms with Gasteiger partial charge in [-0.2, -0.15) is 5.10 Å². The largest absolute Gasteiger partial charge is 0.485 e. The molecule has 1 spiro atoms. The van der Waals surface area contributed by atoms with Crippen LogP contribution < -0.4 is 15.4 Å². The second-order valence-corrected chi connectivity index (χ2v) is 10.4. The average Bonchev–Trinajstić information content (AvgIpc) is 3.46. The number of nitrogens with one attached hydrogen (secondary N) is 3. The van der Waals surface area contributed by atoms with Crippen molar-refractivity contribution in [3.8, 4) is 17.0 Å². The van der Waals surface area contributed by atoms with Gasteiger partial charge in [0.05, 0.1) is 50.0 Å². The first-order chi connectivity index (χ1) is 17.8. The van der Waals surface area contributed by atoms with Crippen molar-refractivity contribution in [3.05, 3.63) is 75.9 Å². The smallest absolute Gasteiger partial charge is 0.255 e. The van der Waals surface area contributed by atoms with Gasteiger partial charge in [0.1, 0.15) is 12.4 Å². The van der Waals surface area contributed by atoms with Crippen LogP contribution in [-0.2, 0) is 19.1 Å². The van der Waals surface area contributed by atoms with Gasteiger partial charge >= 0.3 is 0 Å². The summed E-state index contributed by atoms with van der Waals surface area (Å²) in [5.41, 5.74) is 4.74. The Morgan fingerprint density at radius 2 is 2.03 bits per heavy atom. The minimum atomic E-state index is -0.202. The van der Waals surface area contributed by atoms with Crippen molar-refractivity contribution in [1.29, 1.82) is 0 Å². The Labute approximate surface area is 223 Å². The summed E-state index contributed by atoms with van der Waals surface area (Å²) in [5.74, 6) is 0.413. The molecule has 0 aliphatic carbocycles. The normalized spacial score (nSPS) is 16.3. The van der Waals surface area contributed by atoms with Crippen LogP contribution in [0.4, 0.5) is 11.4 Å². The fourth-order valence-electron chi connectivity index (χ4n) is 5.26. The van der Waals surface area contributed by atoms with Crippen LogP contribution in [0.25, 0.3) is 11.3 Å². The van der Waals surface area contributed by atoms with Crippen molar-refractivity contribution in [3.63, 3.8) is 0 Å². The monoisotopic (exact) mass is 537 g/mol. The number of anilines is 2. The summed E-state index contributed by atoms with van der Waals surface area (Å²) in [4.78, 5) is 23.4. The highest BCUT2D eigenvalue weighted by atomic mass is 35.5. The van der Waals surface area contributed by atoms with Crippen molar-refractivity contribution in [2.45, 2.75) is 12.0 Å². The molecule has 0 radical (unpaired) electrons.